The summed E-state index contributed by atoms with van der Waals surface area (Å²) in [6.07, 6.45) is 10.7. The van der Waals surface area contributed by atoms with Crippen LogP contribution in [0.3, 0.4) is 0 Å². The van der Waals surface area contributed by atoms with Crippen molar-refractivity contribution in [3.8, 4) is 22.6 Å². The van der Waals surface area contributed by atoms with Crippen LogP contribution < -0.4 is 14.4 Å². The summed E-state index contributed by atoms with van der Waals surface area (Å²) in [4.78, 5) is 43.9. The number of nitrogens with zero attached hydrogens (tertiary/aromatic N) is 7. The van der Waals surface area contributed by atoms with E-state index in [1.165, 1.54) is 13.2 Å². The molecule has 14 heteroatoms. The Bertz CT molecular complexity index is 2070. The van der Waals surface area contributed by atoms with Crippen LogP contribution in [0.1, 0.15) is 28.9 Å². The van der Waals surface area contributed by atoms with E-state index in [4.69, 9.17) is 9.47 Å². The number of rotatable bonds is 9. The zero-order chi connectivity index (χ0) is 34.8. The number of benzene rings is 1. The molecule has 2 aliphatic heterocycles. The van der Waals surface area contributed by atoms with Gasteiger partial charge in [0.05, 0.1) is 32.1 Å². The molecule has 4 aromatic heterocycles. The van der Waals surface area contributed by atoms with Gasteiger partial charge in [-0.05, 0) is 41.8 Å². The van der Waals surface area contributed by atoms with Gasteiger partial charge in [0.15, 0.2) is 17.4 Å². The standard InChI is InChI=1S/C36H36F2N8O4/c1-49-30-17-24(37)20-40-35(30)43-13-15-44(16-14-43)36(48)29-19-28-27(25-6-9-39-21-31(25)50-2)18-26(33(38)34(28)42-29)23-5-3-10-45(22-23)32(47)7-12-46-11-4-8-41-46/h4-6,8-9,11,17-21,42H,3,7,10,12-16,22H2,1-2H3. The number of piperazine rings is 1. The number of H-pyrrole nitrogens is 1. The van der Waals surface area contributed by atoms with Gasteiger partial charge in [0.25, 0.3) is 5.91 Å². The lowest BCUT2D eigenvalue weighted by Gasteiger charge is -2.35. The van der Waals surface area contributed by atoms with E-state index < -0.39 is 11.6 Å². The summed E-state index contributed by atoms with van der Waals surface area (Å²) in [5, 5.41) is 4.69. The minimum absolute atomic E-state index is 0.0369. The van der Waals surface area contributed by atoms with Crippen molar-refractivity contribution in [1.29, 1.82) is 0 Å². The third-order valence-corrected chi connectivity index (χ3v) is 9.23. The van der Waals surface area contributed by atoms with Gasteiger partial charge >= 0.3 is 0 Å². The molecule has 1 aromatic carbocycles. The summed E-state index contributed by atoms with van der Waals surface area (Å²) in [6.45, 7) is 2.87. The summed E-state index contributed by atoms with van der Waals surface area (Å²) < 4.78 is 43.0. The predicted molar refractivity (Wildman–Crippen MR) is 183 cm³/mol. The fraction of sp³-hybridized carbons (Fsp3) is 0.306. The van der Waals surface area contributed by atoms with Gasteiger partial charge in [-0.3, -0.25) is 19.3 Å². The maximum atomic E-state index is 16.6. The second-order valence-corrected chi connectivity index (χ2v) is 12.1. The van der Waals surface area contributed by atoms with Gasteiger partial charge in [0.2, 0.25) is 5.91 Å². The van der Waals surface area contributed by atoms with E-state index in [0.29, 0.717) is 90.7 Å². The third-order valence-electron chi connectivity index (χ3n) is 9.23. The van der Waals surface area contributed by atoms with Gasteiger partial charge in [-0.2, -0.15) is 5.10 Å². The summed E-state index contributed by atoms with van der Waals surface area (Å²) in [5.41, 5.74) is 2.79. The molecule has 5 aromatic rings. The van der Waals surface area contributed by atoms with E-state index in [-0.39, 0.29) is 36.0 Å². The smallest absolute Gasteiger partial charge is 0.270 e. The topological polar surface area (TPSA) is 122 Å². The highest BCUT2D eigenvalue weighted by molar-refractivity contribution is 6.05. The van der Waals surface area contributed by atoms with Gasteiger partial charge in [-0.15, -0.1) is 0 Å². The van der Waals surface area contributed by atoms with Crippen molar-refractivity contribution in [2.75, 3.05) is 58.4 Å². The Morgan fingerprint density at radius 3 is 2.50 bits per heavy atom. The Balaban J connectivity index is 1.18. The van der Waals surface area contributed by atoms with Crippen LogP contribution in [0.5, 0.6) is 11.5 Å². The van der Waals surface area contributed by atoms with Gasteiger partial charge in [0.1, 0.15) is 17.3 Å². The minimum atomic E-state index is -0.507. The van der Waals surface area contributed by atoms with E-state index in [1.807, 2.05) is 23.2 Å². The molecule has 0 saturated carbocycles. The third kappa shape index (κ3) is 6.35. The number of aryl methyl sites for hydroxylation is 1. The molecule has 2 amide bonds. The van der Waals surface area contributed by atoms with Crippen LogP contribution in [0, 0.1) is 11.6 Å². The highest BCUT2D eigenvalue weighted by Crippen LogP contribution is 2.40. The van der Waals surface area contributed by atoms with Crippen LogP contribution in [-0.4, -0.2) is 99.8 Å². The first-order chi connectivity index (χ1) is 24.3. The average Bonchev–Trinajstić information content (AvgIpc) is 3.85. The Morgan fingerprint density at radius 2 is 1.74 bits per heavy atom. The number of nitrogens with one attached hydrogen (secondary N) is 1. The molecule has 50 heavy (non-hydrogen) atoms. The normalized spacial score (nSPS) is 15.0. The Morgan fingerprint density at radius 1 is 0.920 bits per heavy atom. The van der Waals surface area contributed by atoms with Crippen LogP contribution in [-0.2, 0) is 11.3 Å². The van der Waals surface area contributed by atoms with E-state index in [0.717, 1.165) is 6.20 Å². The number of aromatic nitrogens is 5. The average molecular weight is 683 g/mol. The summed E-state index contributed by atoms with van der Waals surface area (Å²) in [7, 11) is 3.00. The van der Waals surface area contributed by atoms with Gasteiger partial charge in [0, 0.05) is 93.4 Å². The summed E-state index contributed by atoms with van der Waals surface area (Å²) in [6, 6.07) is 8.33. The fourth-order valence-corrected chi connectivity index (χ4v) is 6.64. The first-order valence-corrected chi connectivity index (χ1v) is 16.4. The molecular formula is C36H36F2N8O4. The molecule has 2 aliphatic rings. The van der Waals surface area contributed by atoms with E-state index >= 15 is 4.39 Å². The van der Waals surface area contributed by atoms with Gasteiger partial charge in [-0.25, -0.2) is 13.8 Å². The van der Waals surface area contributed by atoms with Gasteiger partial charge < -0.3 is 29.2 Å². The van der Waals surface area contributed by atoms with Crippen molar-refractivity contribution in [2.45, 2.75) is 19.4 Å². The number of aromatic amines is 1. The van der Waals surface area contributed by atoms with Crippen molar-refractivity contribution in [3.63, 3.8) is 0 Å². The van der Waals surface area contributed by atoms with Gasteiger partial charge in [-0.1, -0.05) is 6.08 Å². The molecule has 0 atom stereocenters. The van der Waals surface area contributed by atoms with Crippen molar-refractivity contribution >= 4 is 34.1 Å². The highest BCUT2D eigenvalue weighted by atomic mass is 19.1. The van der Waals surface area contributed by atoms with Crippen LogP contribution in [0.2, 0.25) is 0 Å². The number of carbonyl (C=O) groups excluding carboxylic acids is 2. The lowest BCUT2D eigenvalue weighted by atomic mass is 9.93. The maximum absolute atomic E-state index is 16.6. The number of anilines is 1. The molecule has 6 heterocycles. The second kappa shape index (κ2) is 14.0. The second-order valence-electron chi connectivity index (χ2n) is 12.1. The van der Waals surface area contributed by atoms with E-state index in [1.54, 1.807) is 58.4 Å². The largest absolute Gasteiger partial charge is 0.494 e. The molecule has 1 N–H and O–H groups in total. The molecule has 0 bridgehead atoms. The van der Waals surface area contributed by atoms with Crippen molar-refractivity contribution < 1.29 is 27.8 Å². The van der Waals surface area contributed by atoms with Crippen molar-refractivity contribution in [1.82, 2.24) is 34.5 Å². The molecule has 0 radical (unpaired) electrons. The molecule has 1 saturated heterocycles. The first kappa shape index (κ1) is 32.7. The minimum Gasteiger partial charge on any atom is -0.494 e. The number of ether oxygens (including phenoxy) is 2. The SMILES string of the molecule is COc1cnccc1-c1cc(C2=CCCN(C(=O)CCn3cccn3)C2)c(F)c2[nH]c(C(=O)N3CCN(c4ncc(F)cc4OC)CC3)cc12. The zero-order valence-electron chi connectivity index (χ0n) is 27.7. The molecule has 1 fully saturated rings. The number of amides is 2. The number of halogens is 2. The lowest BCUT2D eigenvalue weighted by molar-refractivity contribution is -0.131. The van der Waals surface area contributed by atoms with Crippen LogP contribution in [0.4, 0.5) is 14.6 Å². The lowest BCUT2D eigenvalue weighted by Crippen LogP contribution is -2.49. The maximum Gasteiger partial charge on any atom is 0.270 e. The Kier molecular flexibility index (Phi) is 9.15. The highest BCUT2D eigenvalue weighted by Gasteiger charge is 2.29. The fourth-order valence-electron chi connectivity index (χ4n) is 6.64. The number of fused-ring (bicyclic) bond motifs is 1. The number of methoxy groups -OCH3 is 2. The number of hydrogen-bond donors (Lipinski definition) is 1. The monoisotopic (exact) mass is 682 g/mol. The molecular weight excluding hydrogens is 646 g/mol. The first-order valence-electron chi connectivity index (χ1n) is 16.4. The molecule has 0 spiro atoms. The number of pyridine rings is 2. The van der Waals surface area contributed by atoms with Crippen molar-refractivity contribution in [2.24, 2.45) is 0 Å². The molecule has 258 valence electrons. The Hall–Kier alpha value is -5.79. The quantitative estimate of drug-likeness (QED) is 0.236. The molecule has 12 nitrogen and oxygen atoms in total. The van der Waals surface area contributed by atoms with Crippen LogP contribution >= 0.6 is 0 Å². The summed E-state index contributed by atoms with van der Waals surface area (Å²) >= 11 is 0. The van der Waals surface area contributed by atoms with E-state index in [9.17, 15) is 14.0 Å². The molecule has 0 unspecified atom stereocenters. The number of hydrogen-bond acceptors (Lipinski definition) is 8. The predicted octanol–water partition coefficient (Wildman–Crippen LogP) is 4.79. The number of carbonyl (C=O) groups is 2. The zero-order valence-corrected chi connectivity index (χ0v) is 27.7. The summed E-state index contributed by atoms with van der Waals surface area (Å²) in [5.74, 6) is 0.00309. The van der Waals surface area contributed by atoms with Crippen LogP contribution in [0.25, 0.3) is 27.6 Å². The van der Waals surface area contributed by atoms with E-state index in [2.05, 4.69) is 20.1 Å². The molecule has 0 aliphatic carbocycles. The Labute approximate surface area is 286 Å². The van der Waals surface area contributed by atoms with Crippen LogP contribution in [0.15, 0.2) is 67.4 Å². The van der Waals surface area contributed by atoms with Crippen molar-refractivity contribution in [3.05, 3.63) is 90.3 Å². The molecule has 7 rings (SSSR count).